The van der Waals surface area contributed by atoms with Gasteiger partial charge in [0.15, 0.2) is 0 Å². The number of rotatable bonds is 5. The van der Waals surface area contributed by atoms with Crippen molar-refractivity contribution in [1.82, 2.24) is 0 Å². The van der Waals surface area contributed by atoms with Gasteiger partial charge in [0.05, 0.1) is 0 Å². The van der Waals surface area contributed by atoms with Crippen LogP contribution < -0.4 is 5.73 Å². The molecule has 92 valence electrons. The monoisotopic (exact) mass is 229 g/mol. The van der Waals surface area contributed by atoms with E-state index in [1.165, 1.54) is 31.2 Å². The average molecular weight is 229 g/mol. The van der Waals surface area contributed by atoms with E-state index in [4.69, 9.17) is 5.73 Å². The van der Waals surface area contributed by atoms with E-state index in [0.29, 0.717) is 5.92 Å². The molecule has 0 radical (unpaired) electrons. The summed E-state index contributed by atoms with van der Waals surface area (Å²) in [7, 11) is 0. The summed E-state index contributed by atoms with van der Waals surface area (Å²) in [4.78, 5) is 0. The zero-order valence-corrected chi connectivity index (χ0v) is 10.6. The molecule has 0 amide bonds. The number of allylic oxidation sites excluding steroid dienone is 1. The minimum absolute atomic E-state index is 0.147. The normalized spacial score (nSPS) is 20.1. The van der Waals surface area contributed by atoms with Crippen LogP contribution >= 0.6 is 0 Å². The fourth-order valence-corrected chi connectivity index (χ4v) is 3.11. The lowest BCUT2D eigenvalue weighted by molar-refractivity contribution is 0.261. The van der Waals surface area contributed by atoms with Crippen molar-refractivity contribution in [3.8, 4) is 0 Å². The maximum absolute atomic E-state index is 6.76. The second-order valence-electron chi connectivity index (χ2n) is 5.22. The largest absolute Gasteiger partial charge is 0.321 e. The summed E-state index contributed by atoms with van der Waals surface area (Å²) in [5, 5.41) is 0. The molecular formula is C16H23N. The van der Waals surface area contributed by atoms with Gasteiger partial charge in [-0.1, -0.05) is 49.2 Å². The van der Waals surface area contributed by atoms with Crippen molar-refractivity contribution in [3.63, 3.8) is 0 Å². The fraction of sp³-hybridized carbons (Fsp3) is 0.500. The lowest BCUT2D eigenvalue weighted by Gasteiger charge is -2.36. The highest BCUT2D eigenvalue weighted by Gasteiger charge is 2.37. The zero-order valence-electron chi connectivity index (χ0n) is 10.6. The van der Waals surface area contributed by atoms with Crippen LogP contribution in [-0.2, 0) is 5.54 Å². The molecule has 0 saturated heterocycles. The highest BCUT2D eigenvalue weighted by Crippen LogP contribution is 2.41. The first-order valence-electron chi connectivity index (χ1n) is 6.72. The minimum Gasteiger partial charge on any atom is -0.321 e. The predicted molar refractivity (Wildman–Crippen MR) is 73.7 cm³/mol. The van der Waals surface area contributed by atoms with Crippen LogP contribution in [0, 0.1) is 5.92 Å². The van der Waals surface area contributed by atoms with Gasteiger partial charge in [0.25, 0.3) is 0 Å². The van der Waals surface area contributed by atoms with Crippen LogP contribution in [0.5, 0.6) is 0 Å². The topological polar surface area (TPSA) is 26.0 Å². The summed E-state index contributed by atoms with van der Waals surface area (Å²) in [6.45, 7) is 3.83. The molecule has 1 aromatic rings. The average Bonchev–Trinajstić information content (AvgIpc) is 2.91. The molecule has 1 atom stereocenters. The molecule has 2 rings (SSSR count). The Morgan fingerprint density at radius 2 is 1.88 bits per heavy atom. The van der Waals surface area contributed by atoms with Crippen molar-refractivity contribution < 1.29 is 0 Å². The number of hydrogen-bond donors (Lipinski definition) is 1. The summed E-state index contributed by atoms with van der Waals surface area (Å²) in [5.41, 5.74) is 7.92. The summed E-state index contributed by atoms with van der Waals surface area (Å²) in [5.74, 6) is 0.643. The first kappa shape index (κ1) is 12.4. The maximum atomic E-state index is 6.76. The van der Waals surface area contributed by atoms with Gasteiger partial charge in [-0.3, -0.25) is 0 Å². The van der Waals surface area contributed by atoms with Crippen molar-refractivity contribution >= 4 is 0 Å². The van der Waals surface area contributed by atoms with E-state index < -0.39 is 0 Å². The molecule has 1 aliphatic carbocycles. The third-order valence-corrected chi connectivity index (χ3v) is 4.16. The first-order chi connectivity index (χ1) is 8.27. The molecule has 1 heteroatoms. The molecule has 0 spiro atoms. The van der Waals surface area contributed by atoms with Crippen molar-refractivity contribution in [2.45, 2.75) is 44.1 Å². The van der Waals surface area contributed by atoms with Gasteiger partial charge in [0.1, 0.15) is 0 Å². The third kappa shape index (κ3) is 2.61. The van der Waals surface area contributed by atoms with Crippen LogP contribution in [0.4, 0.5) is 0 Å². The molecule has 0 bridgehead atoms. The van der Waals surface area contributed by atoms with E-state index in [1.807, 2.05) is 6.08 Å². The Kier molecular flexibility index (Phi) is 4.01. The highest BCUT2D eigenvalue weighted by atomic mass is 14.8. The summed E-state index contributed by atoms with van der Waals surface area (Å²) in [6, 6.07) is 10.6. The van der Waals surface area contributed by atoms with Crippen LogP contribution in [0.15, 0.2) is 43.0 Å². The van der Waals surface area contributed by atoms with Crippen LogP contribution in [0.1, 0.15) is 44.1 Å². The highest BCUT2D eigenvalue weighted by molar-refractivity contribution is 5.25. The van der Waals surface area contributed by atoms with Gasteiger partial charge < -0.3 is 5.73 Å². The van der Waals surface area contributed by atoms with Crippen LogP contribution in [0.2, 0.25) is 0 Å². The molecule has 0 heterocycles. The maximum Gasteiger partial charge on any atom is 0.0441 e. The van der Waals surface area contributed by atoms with E-state index in [0.717, 1.165) is 12.8 Å². The molecule has 1 aliphatic rings. The van der Waals surface area contributed by atoms with Crippen LogP contribution in [-0.4, -0.2) is 0 Å². The Bertz CT molecular complexity index is 351. The van der Waals surface area contributed by atoms with Crippen LogP contribution in [0.3, 0.4) is 0 Å². The van der Waals surface area contributed by atoms with E-state index in [-0.39, 0.29) is 5.54 Å². The van der Waals surface area contributed by atoms with E-state index >= 15 is 0 Å². The Balaban J connectivity index is 2.25. The van der Waals surface area contributed by atoms with Gasteiger partial charge in [-0.05, 0) is 37.2 Å². The van der Waals surface area contributed by atoms with Crippen molar-refractivity contribution in [1.29, 1.82) is 0 Å². The van der Waals surface area contributed by atoms with Crippen molar-refractivity contribution in [3.05, 3.63) is 48.6 Å². The second kappa shape index (κ2) is 5.50. The number of hydrogen-bond acceptors (Lipinski definition) is 1. The molecule has 1 unspecified atom stereocenters. The van der Waals surface area contributed by atoms with E-state index in [1.54, 1.807) is 0 Å². The Labute approximate surface area is 105 Å². The van der Waals surface area contributed by atoms with Gasteiger partial charge in [0.2, 0.25) is 0 Å². The van der Waals surface area contributed by atoms with Gasteiger partial charge in [0, 0.05) is 5.54 Å². The quantitative estimate of drug-likeness (QED) is 0.759. The zero-order chi connectivity index (χ0) is 12.1. The smallest absolute Gasteiger partial charge is 0.0441 e. The fourth-order valence-electron chi connectivity index (χ4n) is 3.11. The number of nitrogens with two attached hydrogens (primary N) is 1. The van der Waals surface area contributed by atoms with Gasteiger partial charge in [-0.2, -0.15) is 0 Å². The minimum atomic E-state index is -0.147. The van der Waals surface area contributed by atoms with Crippen molar-refractivity contribution in [2.24, 2.45) is 11.7 Å². The first-order valence-corrected chi connectivity index (χ1v) is 6.72. The molecule has 0 aliphatic heterocycles. The Hall–Kier alpha value is -1.08. The summed E-state index contributed by atoms with van der Waals surface area (Å²) in [6.07, 6.45) is 9.24. The van der Waals surface area contributed by atoms with Crippen LogP contribution in [0.25, 0.3) is 0 Å². The predicted octanol–water partition coefficient (Wildman–Crippen LogP) is 4.00. The molecule has 0 aromatic heterocycles. The van der Waals surface area contributed by atoms with Gasteiger partial charge in [-0.25, -0.2) is 0 Å². The summed E-state index contributed by atoms with van der Waals surface area (Å²) < 4.78 is 0. The standard InChI is InChI=1S/C16H23N/c1-2-3-13-16(17,15-11-7-8-12-15)14-9-5-4-6-10-14/h2,4-6,9-10,15H,1,3,7-8,11-13,17H2. The van der Waals surface area contributed by atoms with Gasteiger partial charge >= 0.3 is 0 Å². The second-order valence-corrected chi connectivity index (χ2v) is 5.22. The lowest BCUT2D eigenvalue weighted by atomic mass is 9.75. The van der Waals surface area contributed by atoms with Gasteiger partial charge in [-0.15, -0.1) is 6.58 Å². The van der Waals surface area contributed by atoms with E-state index in [9.17, 15) is 0 Å². The molecule has 1 fully saturated rings. The molecule has 1 nitrogen and oxygen atoms in total. The Morgan fingerprint density at radius 3 is 2.47 bits per heavy atom. The summed E-state index contributed by atoms with van der Waals surface area (Å²) >= 11 is 0. The molecule has 17 heavy (non-hydrogen) atoms. The van der Waals surface area contributed by atoms with E-state index in [2.05, 4.69) is 36.9 Å². The third-order valence-electron chi connectivity index (χ3n) is 4.16. The number of benzene rings is 1. The Morgan fingerprint density at radius 1 is 1.24 bits per heavy atom. The molecular weight excluding hydrogens is 206 g/mol. The lowest BCUT2D eigenvalue weighted by Crippen LogP contribution is -2.43. The molecule has 2 N–H and O–H groups in total. The van der Waals surface area contributed by atoms with Crippen molar-refractivity contribution in [2.75, 3.05) is 0 Å². The molecule has 1 aromatic carbocycles. The SMILES string of the molecule is C=CCCC(N)(c1ccccc1)C1CCCC1. The molecule has 1 saturated carbocycles.